The molecule has 9 nitrogen and oxygen atoms in total. The fraction of sp³-hybridized carbons (Fsp3) is 0.308. The number of amides is 2. The van der Waals surface area contributed by atoms with Crippen LogP contribution in [0, 0.1) is 5.82 Å². The van der Waals surface area contributed by atoms with Gasteiger partial charge in [0.05, 0.1) is 7.11 Å². The molecule has 194 valence electrons. The molecule has 1 heterocycles. The molecule has 37 heavy (non-hydrogen) atoms. The van der Waals surface area contributed by atoms with Crippen LogP contribution in [-0.4, -0.2) is 47.3 Å². The van der Waals surface area contributed by atoms with Gasteiger partial charge in [-0.2, -0.15) is 0 Å². The first-order valence-electron chi connectivity index (χ1n) is 11.6. The van der Waals surface area contributed by atoms with E-state index in [2.05, 4.69) is 20.4 Å². The maximum absolute atomic E-state index is 14.3. The summed E-state index contributed by atoms with van der Waals surface area (Å²) in [6.45, 7) is 0. The third kappa shape index (κ3) is 6.85. The van der Waals surface area contributed by atoms with Crippen LogP contribution in [0.2, 0.25) is 5.02 Å². The highest BCUT2D eigenvalue weighted by Gasteiger charge is 2.31. The average Bonchev–Trinajstić information content (AvgIpc) is 3.61. The molecule has 3 N–H and O–H groups in total. The van der Waals surface area contributed by atoms with Crippen LogP contribution < -0.4 is 10.6 Å². The van der Waals surface area contributed by atoms with E-state index in [1.807, 2.05) is 0 Å². The number of carbonyl (C=O) groups is 3. The number of carbonyl (C=O) groups excluding carboxylic acids is 2. The highest BCUT2D eigenvalue weighted by molar-refractivity contribution is 6.30. The van der Waals surface area contributed by atoms with Crippen LogP contribution >= 0.6 is 11.6 Å². The molecule has 1 aliphatic rings. The smallest absolute Gasteiger partial charge is 0.407 e. The summed E-state index contributed by atoms with van der Waals surface area (Å²) >= 11 is 6.00. The van der Waals surface area contributed by atoms with Crippen LogP contribution in [0.1, 0.15) is 47.1 Å². The van der Waals surface area contributed by atoms with Crippen molar-refractivity contribution in [3.05, 3.63) is 76.7 Å². The summed E-state index contributed by atoms with van der Waals surface area (Å²) < 4.78 is 24.2. The number of rotatable bonds is 10. The monoisotopic (exact) mass is 529 g/mol. The molecule has 1 aromatic heterocycles. The second-order valence-electron chi connectivity index (χ2n) is 8.80. The summed E-state index contributed by atoms with van der Waals surface area (Å²) in [4.78, 5) is 40.6. The summed E-state index contributed by atoms with van der Waals surface area (Å²) in [6, 6.07) is 9.17. The Morgan fingerprint density at radius 2 is 1.92 bits per heavy atom. The second kappa shape index (κ2) is 11.4. The van der Waals surface area contributed by atoms with Crippen molar-refractivity contribution >= 4 is 29.6 Å². The molecule has 1 fully saturated rings. The quantitative estimate of drug-likeness (QED) is 0.351. The molecule has 0 saturated heterocycles. The Morgan fingerprint density at radius 3 is 2.57 bits per heavy atom. The predicted octanol–water partition coefficient (Wildman–Crippen LogP) is 4.55. The molecule has 4 rings (SSSR count). The lowest BCUT2D eigenvalue weighted by Gasteiger charge is -2.23. The first-order valence-corrected chi connectivity index (χ1v) is 12.0. The van der Waals surface area contributed by atoms with Crippen LogP contribution in [0.4, 0.5) is 9.18 Å². The van der Waals surface area contributed by atoms with E-state index < -0.39 is 35.9 Å². The average molecular weight is 530 g/mol. The van der Waals surface area contributed by atoms with E-state index in [1.165, 1.54) is 24.5 Å². The number of oxazole rings is 1. The molecule has 0 radical (unpaired) electrons. The number of nitrogens with zero attached hydrogens (tertiary/aromatic N) is 1. The first-order chi connectivity index (χ1) is 17.7. The molecule has 0 aliphatic heterocycles. The summed E-state index contributed by atoms with van der Waals surface area (Å²) in [5.74, 6) is -1.50. The summed E-state index contributed by atoms with van der Waals surface area (Å²) in [5, 5.41) is 15.1. The van der Waals surface area contributed by atoms with E-state index in [0.29, 0.717) is 22.0 Å². The number of alkyl carbamates (subject to hydrolysis) is 1. The molecule has 11 heteroatoms. The van der Waals surface area contributed by atoms with Crippen molar-refractivity contribution in [3.8, 4) is 11.1 Å². The fourth-order valence-electron chi connectivity index (χ4n) is 3.89. The molecule has 2 aromatic carbocycles. The highest BCUT2D eigenvalue weighted by Crippen LogP contribution is 2.39. The van der Waals surface area contributed by atoms with E-state index in [9.17, 15) is 23.9 Å². The Morgan fingerprint density at radius 1 is 1.19 bits per heavy atom. The van der Waals surface area contributed by atoms with Gasteiger partial charge >= 0.3 is 12.1 Å². The topological polar surface area (TPSA) is 131 Å². The van der Waals surface area contributed by atoms with E-state index >= 15 is 0 Å². The van der Waals surface area contributed by atoms with Crippen LogP contribution in [0.5, 0.6) is 0 Å². The van der Waals surface area contributed by atoms with Crippen molar-refractivity contribution < 1.29 is 33.0 Å². The van der Waals surface area contributed by atoms with Crippen LogP contribution in [-0.2, 0) is 16.0 Å². The number of hydrogen-bond acceptors (Lipinski definition) is 6. The van der Waals surface area contributed by atoms with Gasteiger partial charge in [-0.3, -0.25) is 4.79 Å². The number of aromatic nitrogens is 1. The van der Waals surface area contributed by atoms with Crippen molar-refractivity contribution in [3.63, 3.8) is 0 Å². The maximum Gasteiger partial charge on any atom is 0.407 e. The molecule has 0 spiro atoms. The molecule has 1 saturated carbocycles. The molecular formula is C26H25ClFN3O6. The van der Waals surface area contributed by atoms with Crippen molar-refractivity contribution in [2.45, 2.75) is 43.7 Å². The van der Waals surface area contributed by atoms with E-state index in [0.717, 1.165) is 25.5 Å². The first kappa shape index (κ1) is 26.2. The number of aliphatic carboxylic acids is 1. The predicted molar refractivity (Wildman–Crippen MR) is 132 cm³/mol. The lowest BCUT2D eigenvalue weighted by atomic mass is 9.97. The van der Waals surface area contributed by atoms with E-state index in [-0.39, 0.29) is 24.5 Å². The Balaban J connectivity index is 1.53. The lowest BCUT2D eigenvalue weighted by Crippen LogP contribution is -2.47. The zero-order valence-electron chi connectivity index (χ0n) is 19.9. The number of methoxy groups -OCH3 is 1. The lowest BCUT2D eigenvalue weighted by molar-refractivity contribution is -0.139. The molecule has 1 aliphatic carbocycles. The van der Waals surface area contributed by atoms with E-state index in [1.54, 1.807) is 24.3 Å². The van der Waals surface area contributed by atoms with Crippen molar-refractivity contribution in [2.75, 3.05) is 7.11 Å². The Kier molecular flexibility index (Phi) is 8.08. The van der Waals surface area contributed by atoms with Gasteiger partial charge in [-0.1, -0.05) is 35.9 Å². The van der Waals surface area contributed by atoms with Crippen LogP contribution in [0.15, 0.2) is 53.1 Å². The SMILES string of the molecule is COC(=O)N[C@H](C[C@@H](Cc1ccc(-c2cc(Cl)ccc2F)cc1)NC(=O)c1coc(C2CC2)n1)C(=O)O. The van der Waals surface area contributed by atoms with Gasteiger partial charge in [0.25, 0.3) is 5.91 Å². The number of halogens is 2. The van der Waals surface area contributed by atoms with Crippen LogP contribution in [0.3, 0.4) is 0 Å². The highest BCUT2D eigenvalue weighted by atomic mass is 35.5. The minimum absolute atomic E-state index is 0.0893. The number of ether oxygens (including phenoxy) is 1. The van der Waals surface area contributed by atoms with Gasteiger partial charge in [-0.25, -0.2) is 19.0 Å². The summed E-state index contributed by atoms with van der Waals surface area (Å²) in [5.41, 5.74) is 1.79. The van der Waals surface area contributed by atoms with Gasteiger partial charge in [-0.15, -0.1) is 0 Å². The van der Waals surface area contributed by atoms with Crippen molar-refractivity contribution in [1.29, 1.82) is 0 Å². The maximum atomic E-state index is 14.3. The zero-order valence-corrected chi connectivity index (χ0v) is 20.6. The van der Waals surface area contributed by atoms with E-state index in [4.69, 9.17) is 16.0 Å². The van der Waals surface area contributed by atoms with Gasteiger partial charge in [0.1, 0.15) is 18.1 Å². The Bertz CT molecular complexity index is 1290. The van der Waals surface area contributed by atoms with Gasteiger partial charge in [0.2, 0.25) is 0 Å². The summed E-state index contributed by atoms with van der Waals surface area (Å²) in [7, 11) is 1.12. The summed E-state index contributed by atoms with van der Waals surface area (Å²) in [6.07, 6.45) is 2.38. The fourth-order valence-corrected chi connectivity index (χ4v) is 4.07. The third-order valence-electron chi connectivity index (χ3n) is 5.99. The minimum atomic E-state index is -1.32. The number of benzene rings is 2. The van der Waals surface area contributed by atoms with Gasteiger partial charge in [0.15, 0.2) is 11.6 Å². The second-order valence-corrected chi connectivity index (χ2v) is 9.24. The molecule has 3 aromatic rings. The largest absolute Gasteiger partial charge is 0.480 e. The standard InChI is InChI=1S/C26H25ClFN3O6/c1-36-26(35)31-21(25(33)34)12-18(29-23(32)22-13-37-24(30-22)16-6-7-16)10-14-2-4-15(5-3-14)19-11-17(27)8-9-20(19)28/h2-5,8-9,11,13,16,18,21H,6-7,10,12H2,1H3,(H,29,32)(H,31,35)(H,33,34)/t18-,21-/m1/s1. The normalized spacial score (nSPS) is 14.5. The molecule has 2 atom stereocenters. The Labute approximate surface area is 217 Å². The van der Waals surface area contributed by atoms with Gasteiger partial charge in [0, 0.05) is 22.5 Å². The number of carboxylic acids is 1. The number of carboxylic acid groups (broad SMARTS) is 1. The van der Waals surface area contributed by atoms with Crippen molar-refractivity contribution in [2.24, 2.45) is 0 Å². The third-order valence-corrected chi connectivity index (χ3v) is 6.22. The molecule has 2 amide bonds. The number of nitrogens with one attached hydrogen (secondary N) is 2. The minimum Gasteiger partial charge on any atom is -0.480 e. The molecular weight excluding hydrogens is 505 g/mol. The van der Waals surface area contributed by atoms with Gasteiger partial charge in [-0.05, 0) is 55.0 Å². The molecule has 0 bridgehead atoms. The van der Waals surface area contributed by atoms with Crippen molar-refractivity contribution in [1.82, 2.24) is 15.6 Å². The molecule has 0 unspecified atom stereocenters. The zero-order chi connectivity index (χ0) is 26.5. The van der Waals surface area contributed by atoms with Gasteiger partial charge < -0.3 is 24.9 Å². The van der Waals surface area contributed by atoms with Crippen LogP contribution in [0.25, 0.3) is 11.1 Å². The Hall–Kier alpha value is -3.92. The number of hydrogen-bond donors (Lipinski definition) is 3.